The summed E-state index contributed by atoms with van der Waals surface area (Å²) >= 11 is 8.42. The third-order valence-electron chi connectivity index (χ3n) is 3.47. The van der Waals surface area contributed by atoms with Crippen molar-refractivity contribution in [2.45, 2.75) is 37.5 Å². The minimum atomic E-state index is 0.261. The van der Waals surface area contributed by atoms with E-state index < -0.39 is 0 Å². The molecule has 21 heavy (non-hydrogen) atoms. The minimum absolute atomic E-state index is 0.261. The van der Waals surface area contributed by atoms with Gasteiger partial charge in [-0.3, -0.25) is 0 Å². The minimum Gasteiger partial charge on any atom is -0.506 e. The molecule has 0 spiro atoms. The van der Waals surface area contributed by atoms with Crippen LogP contribution >= 0.6 is 43.6 Å². The fourth-order valence-corrected chi connectivity index (χ4v) is 4.61. The molecular weight excluding hydrogens is 416 g/mol. The maximum atomic E-state index is 10.3. The number of aryl methyl sites for hydroxylation is 2. The first-order valence-electron chi connectivity index (χ1n) is 6.39. The summed E-state index contributed by atoms with van der Waals surface area (Å²) in [6, 6.07) is 3.79. The van der Waals surface area contributed by atoms with Gasteiger partial charge in [0.25, 0.3) is 0 Å². The Morgan fingerprint density at radius 1 is 0.762 bits per heavy atom. The first kappa shape index (κ1) is 16.7. The van der Waals surface area contributed by atoms with Crippen molar-refractivity contribution in [3.05, 3.63) is 43.3 Å². The van der Waals surface area contributed by atoms with Gasteiger partial charge in [0.15, 0.2) is 0 Å². The van der Waals surface area contributed by atoms with Crippen molar-refractivity contribution in [3.8, 4) is 11.5 Å². The van der Waals surface area contributed by atoms with Gasteiger partial charge in [-0.1, -0.05) is 43.6 Å². The van der Waals surface area contributed by atoms with Gasteiger partial charge in [0, 0.05) is 8.95 Å². The first-order chi connectivity index (χ1) is 9.73. The Hall–Kier alpha value is -0.650. The van der Waals surface area contributed by atoms with Crippen LogP contribution in [0.1, 0.15) is 22.3 Å². The van der Waals surface area contributed by atoms with Crippen molar-refractivity contribution in [2.75, 3.05) is 0 Å². The van der Waals surface area contributed by atoms with E-state index in [1.54, 1.807) is 0 Å². The van der Waals surface area contributed by atoms with Crippen LogP contribution in [0.4, 0.5) is 0 Å². The second kappa shape index (κ2) is 6.23. The van der Waals surface area contributed by atoms with Crippen LogP contribution in [0.15, 0.2) is 30.9 Å². The molecule has 0 aliphatic rings. The number of aromatic hydroxyl groups is 2. The molecule has 0 aliphatic heterocycles. The fourth-order valence-electron chi connectivity index (χ4n) is 2.02. The molecule has 2 nitrogen and oxygen atoms in total. The lowest BCUT2D eigenvalue weighted by Gasteiger charge is -2.16. The molecule has 0 saturated heterocycles. The Balaban J connectivity index is 2.64. The van der Waals surface area contributed by atoms with Crippen molar-refractivity contribution in [3.63, 3.8) is 0 Å². The van der Waals surface area contributed by atoms with Gasteiger partial charge >= 0.3 is 0 Å². The lowest BCUT2D eigenvalue weighted by atomic mass is 10.1. The Kier molecular flexibility index (Phi) is 4.96. The van der Waals surface area contributed by atoms with Gasteiger partial charge in [0.2, 0.25) is 0 Å². The van der Waals surface area contributed by atoms with Crippen molar-refractivity contribution >= 4 is 43.6 Å². The van der Waals surface area contributed by atoms with Crippen LogP contribution < -0.4 is 0 Å². The van der Waals surface area contributed by atoms with Crippen LogP contribution in [0, 0.1) is 27.7 Å². The number of halogens is 2. The highest BCUT2D eigenvalue weighted by atomic mass is 79.9. The average Bonchev–Trinajstić information content (AvgIpc) is 2.42. The van der Waals surface area contributed by atoms with E-state index in [0.29, 0.717) is 0 Å². The molecule has 0 aliphatic carbocycles. The molecule has 0 aromatic heterocycles. The van der Waals surface area contributed by atoms with E-state index in [1.165, 1.54) is 11.8 Å². The summed E-state index contributed by atoms with van der Waals surface area (Å²) < 4.78 is 1.90. The SMILES string of the molecule is Cc1cc(Br)c(C)c(Sc2c(C)c(Br)cc(C)c2O)c1O. The van der Waals surface area contributed by atoms with Crippen LogP contribution in [0.25, 0.3) is 0 Å². The highest BCUT2D eigenvalue weighted by molar-refractivity contribution is 9.10. The summed E-state index contributed by atoms with van der Waals surface area (Å²) in [5.74, 6) is 0.522. The molecule has 2 rings (SSSR count). The number of hydrogen-bond acceptors (Lipinski definition) is 3. The normalized spacial score (nSPS) is 11.0. The molecule has 2 aromatic carbocycles. The van der Waals surface area contributed by atoms with Crippen LogP contribution in [0.5, 0.6) is 11.5 Å². The molecule has 112 valence electrons. The molecule has 0 bridgehead atoms. The monoisotopic (exact) mass is 430 g/mol. The largest absolute Gasteiger partial charge is 0.506 e. The van der Waals surface area contributed by atoms with Crippen LogP contribution in [-0.4, -0.2) is 10.2 Å². The van der Waals surface area contributed by atoms with E-state index in [9.17, 15) is 10.2 Å². The molecule has 0 heterocycles. The smallest absolute Gasteiger partial charge is 0.132 e. The molecule has 2 aromatic rings. The molecule has 0 unspecified atom stereocenters. The Morgan fingerprint density at radius 2 is 1.10 bits per heavy atom. The molecule has 5 heteroatoms. The predicted octanol–water partition coefficient (Wildman–Crippen LogP) is 6.01. The van der Waals surface area contributed by atoms with Crippen LogP contribution in [0.2, 0.25) is 0 Å². The van der Waals surface area contributed by atoms with E-state index in [2.05, 4.69) is 31.9 Å². The maximum Gasteiger partial charge on any atom is 0.132 e. The van der Waals surface area contributed by atoms with Gasteiger partial charge in [0.1, 0.15) is 11.5 Å². The van der Waals surface area contributed by atoms with E-state index in [4.69, 9.17) is 0 Å². The zero-order valence-electron chi connectivity index (χ0n) is 12.2. The number of benzene rings is 2. The maximum absolute atomic E-state index is 10.3. The standard InChI is InChI=1S/C16H16Br2O2S/c1-7-5-11(17)9(3)15(13(7)19)21-16-10(4)12(18)6-8(2)14(16)20/h5-6,19-20H,1-4H3. The second-order valence-electron chi connectivity index (χ2n) is 5.06. The summed E-state index contributed by atoms with van der Waals surface area (Å²) in [5.41, 5.74) is 3.52. The number of phenolic OH excluding ortho intramolecular Hbond substituents is 2. The number of hydrogen-bond donors (Lipinski definition) is 2. The quantitative estimate of drug-likeness (QED) is 0.611. The highest BCUT2D eigenvalue weighted by Gasteiger charge is 2.18. The predicted molar refractivity (Wildman–Crippen MR) is 94.7 cm³/mol. The van der Waals surface area contributed by atoms with Crippen molar-refractivity contribution in [2.24, 2.45) is 0 Å². The average molecular weight is 432 g/mol. The molecule has 0 saturated carbocycles. The van der Waals surface area contributed by atoms with Crippen molar-refractivity contribution < 1.29 is 10.2 Å². The summed E-state index contributed by atoms with van der Waals surface area (Å²) in [4.78, 5) is 1.52. The van der Waals surface area contributed by atoms with E-state index in [1.807, 2.05) is 39.8 Å². The topological polar surface area (TPSA) is 40.5 Å². The fraction of sp³-hybridized carbons (Fsp3) is 0.250. The van der Waals surface area contributed by atoms with Crippen LogP contribution in [-0.2, 0) is 0 Å². The lowest BCUT2D eigenvalue weighted by Crippen LogP contribution is -1.91. The summed E-state index contributed by atoms with van der Waals surface area (Å²) in [6.45, 7) is 7.62. The van der Waals surface area contributed by atoms with Gasteiger partial charge in [-0.15, -0.1) is 0 Å². The Bertz CT molecular complexity index is 613. The van der Waals surface area contributed by atoms with Gasteiger partial charge in [0.05, 0.1) is 9.79 Å². The first-order valence-corrected chi connectivity index (χ1v) is 8.79. The van der Waals surface area contributed by atoms with Gasteiger partial charge < -0.3 is 10.2 Å². The summed E-state index contributed by atoms with van der Waals surface area (Å²) in [5, 5.41) is 20.7. The molecule has 0 amide bonds. The Morgan fingerprint density at radius 3 is 1.43 bits per heavy atom. The van der Waals surface area contributed by atoms with Crippen molar-refractivity contribution in [1.82, 2.24) is 0 Å². The van der Waals surface area contributed by atoms with Gasteiger partial charge in [-0.2, -0.15) is 0 Å². The van der Waals surface area contributed by atoms with Gasteiger partial charge in [-0.05, 0) is 62.1 Å². The molecular formula is C16H16Br2O2S. The number of phenols is 2. The summed E-state index contributed by atoms with van der Waals surface area (Å²) in [6.07, 6.45) is 0. The molecule has 2 N–H and O–H groups in total. The van der Waals surface area contributed by atoms with Crippen LogP contribution in [0.3, 0.4) is 0 Å². The zero-order chi connectivity index (χ0) is 15.9. The second-order valence-corrected chi connectivity index (χ2v) is 7.79. The van der Waals surface area contributed by atoms with Gasteiger partial charge in [-0.25, -0.2) is 0 Å². The van der Waals surface area contributed by atoms with E-state index in [0.717, 1.165) is 41.0 Å². The third kappa shape index (κ3) is 3.10. The third-order valence-corrected chi connectivity index (χ3v) is 6.52. The lowest BCUT2D eigenvalue weighted by molar-refractivity contribution is 0.454. The molecule has 0 atom stereocenters. The highest BCUT2D eigenvalue weighted by Crippen LogP contribution is 2.47. The number of rotatable bonds is 2. The molecule has 0 fully saturated rings. The van der Waals surface area contributed by atoms with Crippen molar-refractivity contribution in [1.29, 1.82) is 0 Å². The van der Waals surface area contributed by atoms with E-state index >= 15 is 0 Å². The molecule has 0 radical (unpaired) electrons. The zero-order valence-corrected chi connectivity index (χ0v) is 16.2. The summed E-state index contributed by atoms with van der Waals surface area (Å²) in [7, 11) is 0. The Labute approximate surface area is 145 Å². The van der Waals surface area contributed by atoms with E-state index in [-0.39, 0.29) is 11.5 Å².